The van der Waals surface area contributed by atoms with Crippen LogP contribution in [-0.4, -0.2) is 56.4 Å². The third-order valence-electron chi connectivity index (χ3n) is 5.56. The SMILES string of the molecule is COC(=O)c1cc(OCC(=O)N[C@H](C(=O)NCc2ccc3c(c2)OCO3)c2ccccc2)cc(C(=O)OC)n1. The van der Waals surface area contributed by atoms with E-state index in [0.717, 1.165) is 19.8 Å². The van der Waals surface area contributed by atoms with Gasteiger partial charge in [-0.2, -0.15) is 0 Å². The maximum Gasteiger partial charge on any atom is 0.356 e. The predicted molar refractivity (Wildman–Crippen MR) is 134 cm³/mol. The number of nitrogens with zero attached hydrogens (tertiary/aromatic N) is 1. The first kappa shape index (κ1) is 26.9. The predicted octanol–water partition coefficient (Wildman–Crippen LogP) is 1.94. The lowest BCUT2D eigenvalue weighted by molar-refractivity contribution is -0.130. The molecule has 0 saturated carbocycles. The van der Waals surface area contributed by atoms with Crippen molar-refractivity contribution in [3.8, 4) is 17.2 Å². The minimum atomic E-state index is -1.02. The molecule has 4 rings (SSSR count). The van der Waals surface area contributed by atoms with Crippen molar-refractivity contribution in [3.05, 3.63) is 83.2 Å². The molecule has 0 aliphatic carbocycles. The van der Waals surface area contributed by atoms with Gasteiger partial charge in [0.15, 0.2) is 29.5 Å². The van der Waals surface area contributed by atoms with E-state index in [1.807, 2.05) is 0 Å². The topological polar surface area (TPSA) is 151 Å². The Labute approximate surface area is 223 Å². The smallest absolute Gasteiger partial charge is 0.356 e. The summed E-state index contributed by atoms with van der Waals surface area (Å²) >= 11 is 0. The van der Waals surface area contributed by atoms with Crippen molar-refractivity contribution in [2.75, 3.05) is 27.6 Å². The van der Waals surface area contributed by atoms with E-state index in [1.54, 1.807) is 48.5 Å². The number of ether oxygens (including phenoxy) is 5. The zero-order valence-electron chi connectivity index (χ0n) is 21.1. The second kappa shape index (κ2) is 12.4. The first-order chi connectivity index (χ1) is 18.9. The number of hydrogen-bond donors (Lipinski definition) is 2. The van der Waals surface area contributed by atoms with Gasteiger partial charge in [0.1, 0.15) is 11.8 Å². The van der Waals surface area contributed by atoms with Gasteiger partial charge in [-0.15, -0.1) is 0 Å². The molecule has 12 heteroatoms. The number of hydrogen-bond acceptors (Lipinski definition) is 10. The van der Waals surface area contributed by atoms with Crippen molar-refractivity contribution in [1.82, 2.24) is 15.6 Å². The highest BCUT2D eigenvalue weighted by atomic mass is 16.7. The second-order valence-corrected chi connectivity index (χ2v) is 8.16. The Hall–Kier alpha value is -5.13. The largest absolute Gasteiger partial charge is 0.484 e. The molecule has 0 unspecified atom stereocenters. The Balaban J connectivity index is 1.43. The normalized spacial score (nSPS) is 12.2. The molecule has 1 atom stereocenters. The molecule has 0 bridgehead atoms. The Morgan fingerprint density at radius 2 is 1.56 bits per heavy atom. The van der Waals surface area contributed by atoms with E-state index in [0.29, 0.717) is 17.1 Å². The summed E-state index contributed by atoms with van der Waals surface area (Å²) in [5.74, 6) is -1.46. The van der Waals surface area contributed by atoms with Gasteiger partial charge in [-0.1, -0.05) is 36.4 Å². The molecule has 0 radical (unpaired) electrons. The Morgan fingerprint density at radius 3 is 2.23 bits per heavy atom. The maximum absolute atomic E-state index is 13.1. The van der Waals surface area contributed by atoms with Gasteiger partial charge in [-0.05, 0) is 23.3 Å². The first-order valence-corrected chi connectivity index (χ1v) is 11.7. The van der Waals surface area contributed by atoms with Crippen LogP contribution in [0.1, 0.15) is 38.1 Å². The van der Waals surface area contributed by atoms with Crippen molar-refractivity contribution in [2.45, 2.75) is 12.6 Å². The van der Waals surface area contributed by atoms with Gasteiger partial charge < -0.3 is 34.3 Å². The highest BCUT2D eigenvalue weighted by Crippen LogP contribution is 2.32. The summed E-state index contributed by atoms with van der Waals surface area (Å²) < 4.78 is 25.5. The van der Waals surface area contributed by atoms with E-state index in [1.165, 1.54) is 12.1 Å². The lowest BCUT2D eigenvalue weighted by Crippen LogP contribution is -2.41. The molecule has 2 N–H and O–H groups in total. The molecule has 2 aromatic carbocycles. The first-order valence-electron chi connectivity index (χ1n) is 11.7. The summed E-state index contributed by atoms with van der Waals surface area (Å²) in [6, 6.07) is 15.4. The quantitative estimate of drug-likeness (QED) is 0.369. The van der Waals surface area contributed by atoms with Crippen LogP contribution in [0.5, 0.6) is 17.2 Å². The number of carbonyl (C=O) groups is 4. The minimum Gasteiger partial charge on any atom is -0.484 e. The third kappa shape index (κ3) is 6.80. The molecular formula is C27H25N3O9. The Bertz CT molecular complexity index is 1340. The second-order valence-electron chi connectivity index (χ2n) is 8.16. The number of benzene rings is 2. The molecule has 1 aromatic heterocycles. The number of fused-ring (bicyclic) bond motifs is 1. The number of aromatic nitrogens is 1. The fraction of sp³-hybridized carbons (Fsp3) is 0.222. The standard InChI is InChI=1S/C27H25N3O9/c1-35-26(33)19-11-18(12-20(29-19)27(34)36-2)37-14-23(31)30-24(17-6-4-3-5-7-17)25(32)28-13-16-8-9-21-22(10-16)39-15-38-21/h3-12,24H,13-15H2,1-2H3,(H,28,32)(H,30,31)/t24-/m0/s1. The van der Waals surface area contributed by atoms with Crippen LogP contribution < -0.4 is 24.8 Å². The molecule has 202 valence electrons. The van der Waals surface area contributed by atoms with Crippen LogP contribution >= 0.6 is 0 Å². The molecular weight excluding hydrogens is 510 g/mol. The highest BCUT2D eigenvalue weighted by molar-refractivity contribution is 5.92. The van der Waals surface area contributed by atoms with Crippen molar-refractivity contribution < 1.29 is 42.9 Å². The van der Waals surface area contributed by atoms with Crippen LogP contribution in [0.3, 0.4) is 0 Å². The fourth-order valence-corrected chi connectivity index (χ4v) is 3.65. The summed E-state index contributed by atoms with van der Waals surface area (Å²) in [4.78, 5) is 53.7. The molecule has 3 aromatic rings. The molecule has 0 saturated heterocycles. The van der Waals surface area contributed by atoms with Crippen LogP contribution in [0, 0.1) is 0 Å². The average molecular weight is 536 g/mol. The van der Waals surface area contributed by atoms with E-state index < -0.39 is 36.4 Å². The van der Waals surface area contributed by atoms with Crippen LogP contribution in [0.25, 0.3) is 0 Å². The van der Waals surface area contributed by atoms with Crippen LogP contribution in [-0.2, 0) is 25.6 Å². The molecule has 0 fully saturated rings. The summed E-state index contributed by atoms with van der Waals surface area (Å²) in [5.41, 5.74) is 0.926. The number of nitrogens with one attached hydrogen (secondary N) is 2. The Kier molecular flexibility index (Phi) is 8.57. The van der Waals surface area contributed by atoms with Gasteiger partial charge in [-0.25, -0.2) is 14.6 Å². The van der Waals surface area contributed by atoms with Crippen LogP contribution in [0.2, 0.25) is 0 Å². The van der Waals surface area contributed by atoms with Crippen molar-refractivity contribution in [1.29, 1.82) is 0 Å². The van der Waals surface area contributed by atoms with Gasteiger partial charge >= 0.3 is 11.9 Å². The maximum atomic E-state index is 13.1. The summed E-state index contributed by atoms with van der Waals surface area (Å²) in [5, 5.41) is 5.48. The summed E-state index contributed by atoms with van der Waals surface area (Å²) in [7, 11) is 2.31. The van der Waals surface area contributed by atoms with E-state index in [-0.39, 0.29) is 30.5 Å². The molecule has 2 heterocycles. The third-order valence-corrected chi connectivity index (χ3v) is 5.56. The molecule has 0 spiro atoms. The van der Waals surface area contributed by atoms with E-state index in [9.17, 15) is 19.2 Å². The van der Waals surface area contributed by atoms with Gasteiger partial charge in [0.25, 0.3) is 5.91 Å². The van der Waals surface area contributed by atoms with E-state index >= 15 is 0 Å². The molecule has 39 heavy (non-hydrogen) atoms. The number of carbonyl (C=O) groups excluding carboxylic acids is 4. The van der Waals surface area contributed by atoms with E-state index in [4.69, 9.17) is 14.2 Å². The van der Waals surface area contributed by atoms with Crippen LogP contribution in [0.15, 0.2) is 60.7 Å². The van der Waals surface area contributed by atoms with E-state index in [2.05, 4.69) is 25.1 Å². The van der Waals surface area contributed by atoms with Gasteiger partial charge in [0, 0.05) is 18.7 Å². The lowest BCUT2D eigenvalue weighted by Gasteiger charge is -2.19. The number of amides is 2. The zero-order chi connectivity index (χ0) is 27.8. The average Bonchev–Trinajstić information content (AvgIpc) is 3.45. The van der Waals surface area contributed by atoms with Gasteiger partial charge in [0.05, 0.1) is 14.2 Å². The number of methoxy groups -OCH3 is 2. The monoisotopic (exact) mass is 535 g/mol. The minimum absolute atomic E-state index is 0.00414. The lowest BCUT2D eigenvalue weighted by atomic mass is 10.1. The van der Waals surface area contributed by atoms with Crippen molar-refractivity contribution >= 4 is 23.8 Å². The van der Waals surface area contributed by atoms with Crippen molar-refractivity contribution in [2.24, 2.45) is 0 Å². The molecule has 2 amide bonds. The van der Waals surface area contributed by atoms with Gasteiger partial charge in [-0.3, -0.25) is 9.59 Å². The van der Waals surface area contributed by atoms with Crippen LogP contribution in [0.4, 0.5) is 0 Å². The number of esters is 2. The van der Waals surface area contributed by atoms with Crippen molar-refractivity contribution in [3.63, 3.8) is 0 Å². The molecule has 12 nitrogen and oxygen atoms in total. The highest BCUT2D eigenvalue weighted by Gasteiger charge is 2.24. The summed E-state index contributed by atoms with van der Waals surface area (Å²) in [6.07, 6.45) is 0. The Morgan fingerprint density at radius 1 is 0.897 bits per heavy atom. The number of pyridine rings is 1. The van der Waals surface area contributed by atoms with Gasteiger partial charge in [0.2, 0.25) is 12.7 Å². The molecule has 1 aliphatic rings. The zero-order valence-corrected chi connectivity index (χ0v) is 21.1. The molecule has 1 aliphatic heterocycles. The fourth-order valence-electron chi connectivity index (χ4n) is 3.65. The summed E-state index contributed by atoms with van der Waals surface area (Å²) in [6.45, 7) is -0.193. The number of rotatable bonds is 10.